The van der Waals surface area contributed by atoms with Crippen molar-refractivity contribution in [1.82, 2.24) is 0 Å². The van der Waals surface area contributed by atoms with Gasteiger partial charge in [-0.1, -0.05) is 24.0 Å². The molecule has 0 aromatic heterocycles. The molecule has 0 spiro atoms. The Morgan fingerprint density at radius 2 is 2.24 bits per heavy atom. The van der Waals surface area contributed by atoms with Crippen LogP contribution in [0.1, 0.15) is 12.5 Å². The Morgan fingerprint density at radius 3 is 2.94 bits per heavy atom. The van der Waals surface area contributed by atoms with E-state index in [1.54, 1.807) is 6.07 Å². The van der Waals surface area contributed by atoms with Gasteiger partial charge in [-0.3, -0.25) is 4.79 Å². The zero-order chi connectivity index (χ0) is 12.5. The largest absolute Gasteiger partial charge is 0.372 e. The van der Waals surface area contributed by atoms with E-state index in [1.807, 2.05) is 25.1 Å². The van der Waals surface area contributed by atoms with E-state index >= 15 is 0 Å². The van der Waals surface area contributed by atoms with Crippen molar-refractivity contribution in [2.24, 2.45) is 5.73 Å². The van der Waals surface area contributed by atoms with Crippen molar-refractivity contribution in [3.63, 3.8) is 0 Å². The first kappa shape index (κ1) is 13.2. The minimum Gasteiger partial charge on any atom is -0.372 e. The summed E-state index contributed by atoms with van der Waals surface area (Å²) in [4.78, 5) is 11.5. The van der Waals surface area contributed by atoms with Crippen LogP contribution in [-0.2, 0) is 9.53 Å². The Bertz CT molecular complexity index is 433. The highest BCUT2D eigenvalue weighted by atomic mass is 16.5. The van der Waals surface area contributed by atoms with Crippen LogP contribution in [0.4, 0.5) is 5.69 Å². The Kier molecular flexibility index (Phi) is 5.80. The Hall–Kier alpha value is -1.83. The van der Waals surface area contributed by atoms with Gasteiger partial charge < -0.3 is 15.8 Å². The number of rotatable bonds is 4. The van der Waals surface area contributed by atoms with Crippen molar-refractivity contribution >= 4 is 11.6 Å². The maximum atomic E-state index is 11.5. The molecule has 3 N–H and O–H groups in total. The number of carbonyl (C=O) groups excluding carboxylic acids is 1. The number of anilines is 1. The number of hydrogen-bond acceptors (Lipinski definition) is 3. The van der Waals surface area contributed by atoms with E-state index in [-0.39, 0.29) is 12.5 Å². The van der Waals surface area contributed by atoms with Gasteiger partial charge in [-0.25, -0.2) is 0 Å². The molecule has 0 unspecified atom stereocenters. The molecule has 0 saturated carbocycles. The average Bonchev–Trinajstić information content (AvgIpc) is 2.35. The molecule has 0 saturated heterocycles. The van der Waals surface area contributed by atoms with Crippen molar-refractivity contribution in [3.05, 3.63) is 29.8 Å². The summed E-state index contributed by atoms with van der Waals surface area (Å²) < 4.78 is 5.02. The van der Waals surface area contributed by atoms with Gasteiger partial charge in [0, 0.05) is 12.2 Å². The molecule has 0 radical (unpaired) electrons. The van der Waals surface area contributed by atoms with Gasteiger partial charge in [-0.05, 0) is 19.1 Å². The lowest BCUT2D eigenvalue weighted by atomic mass is 10.2. The topological polar surface area (TPSA) is 64.3 Å². The fraction of sp³-hybridized carbons (Fsp3) is 0.308. The van der Waals surface area contributed by atoms with Crippen molar-refractivity contribution in [3.8, 4) is 11.8 Å². The number of nitrogens with two attached hydrogens (primary N) is 1. The van der Waals surface area contributed by atoms with E-state index in [2.05, 4.69) is 17.2 Å². The Labute approximate surface area is 101 Å². The van der Waals surface area contributed by atoms with Gasteiger partial charge in [-0.2, -0.15) is 0 Å². The minimum atomic E-state index is -0.186. The first-order valence-corrected chi connectivity index (χ1v) is 5.43. The van der Waals surface area contributed by atoms with E-state index < -0.39 is 0 Å². The van der Waals surface area contributed by atoms with Gasteiger partial charge in [0.2, 0.25) is 5.91 Å². The monoisotopic (exact) mass is 232 g/mol. The quantitative estimate of drug-likeness (QED) is 0.760. The van der Waals surface area contributed by atoms with E-state index in [0.717, 1.165) is 5.56 Å². The highest BCUT2D eigenvalue weighted by Crippen LogP contribution is 2.13. The number of nitrogens with one attached hydrogen (secondary N) is 1. The van der Waals surface area contributed by atoms with Gasteiger partial charge in [0.25, 0.3) is 0 Å². The molecule has 1 amide bonds. The maximum Gasteiger partial charge on any atom is 0.250 e. The molecule has 0 aliphatic carbocycles. The smallest absolute Gasteiger partial charge is 0.250 e. The standard InChI is InChI=1S/C13H16N2O2/c1-2-17-10-13(16)15-12-8-4-3-6-11(12)7-5-9-14/h3-4,6,8H,2,9-10,14H2,1H3,(H,15,16). The molecule has 0 aliphatic rings. The van der Waals surface area contributed by atoms with Crippen LogP contribution in [0.2, 0.25) is 0 Å². The second-order valence-corrected chi connectivity index (χ2v) is 3.24. The lowest BCUT2D eigenvalue weighted by molar-refractivity contribution is -0.120. The second kappa shape index (κ2) is 7.44. The van der Waals surface area contributed by atoms with E-state index in [0.29, 0.717) is 18.8 Å². The third kappa shape index (κ3) is 4.68. The fourth-order valence-electron chi connectivity index (χ4n) is 1.23. The summed E-state index contributed by atoms with van der Waals surface area (Å²) >= 11 is 0. The predicted octanol–water partition coefficient (Wildman–Crippen LogP) is 0.972. The first-order valence-electron chi connectivity index (χ1n) is 5.43. The van der Waals surface area contributed by atoms with E-state index in [9.17, 15) is 4.79 Å². The molecule has 1 rings (SSSR count). The van der Waals surface area contributed by atoms with Crippen LogP contribution in [-0.4, -0.2) is 25.7 Å². The third-order valence-electron chi connectivity index (χ3n) is 1.96. The number of para-hydroxylation sites is 1. The van der Waals surface area contributed by atoms with Crippen LogP contribution in [0.25, 0.3) is 0 Å². The summed E-state index contributed by atoms with van der Waals surface area (Å²) in [6, 6.07) is 7.33. The van der Waals surface area contributed by atoms with Crippen LogP contribution in [0.5, 0.6) is 0 Å². The third-order valence-corrected chi connectivity index (χ3v) is 1.96. The normalized spacial score (nSPS) is 9.29. The van der Waals surface area contributed by atoms with Crippen molar-refractivity contribution in [1.29, 1.82) is 0 Å². The van der Waals surface area contributed by atoms with Gasteiger partial charge in [0.15, 0.2) is 0 Å². The molecule has 4 nitrogen and oxygen atoms in total. The lowest BCUT2D eigenvalue weighted by Gasteiger charge is -2.07. The van der Waals surface area contributed by atoms with Gasteiger partial charge >= 0.3 is 0 Å². The zero-order valence-corrected chi connectivity index (χ0v) is 9.82. The van der Waals surface area contributed by atoms with Crippen LogP contribution in [0, 0.1) is 11.8 Å². The molecule has 4 heteroatoms. The van der Waals surface area contributed by atoms with E-state index in [4.69, 9.17) is 10.5 Å². The van der Waals surface area contributed by atoms with Crippen molar-refractivity contribution < 1.29 is 9.53 Å². The van der Waals surface area contributed by atoms with Crippen LogP contribution in [0.15, 0.2) is 24.3 Å². The summed E-state index contributed by atoms with van der Waals surface area (Å²) in [7, 11) is 0. The fourth-order valence-corrected chi connectivity index (χ4v) is 1.23. The van der Waals surface area contributed by atoms with Crippen LogP contribution >= 0.6 is 0 Å². The summed E-state index contributed by atoms with van der Waals surface area (Å²) in [5.74, 6) is 5.47. The Balaban J connectivity index is 2.73. The molecule has 17 heavy (non-hydrogen) atoms. The molecule has 1 aromatic carbocycles. The van der Waals surface area contributed by atoms with Crippen LogP contribution < -0.4 is 11.1 Å². The first-order chi connectivity index (χ1) is 8.27. The van der Waals surface area contributed by atoms with Crippen molar-refractivity contribution in [2.75, 3.05) is 25.1 Å². The number of amides is 1. The van der Waals surface area contributed by atoms with E-state index in [1.165, 1.54) is 0 Å². The maximum absolute atomic E-state index is 11.5. The van der Waals surface area contributed by atoms with Gasteiger partial charge in [0.1, 0.15) is 6.61 Å². The highest BCUT2D eigenvalue weighted by molar-refractivity contribution is 5.93. The molecule has 0 heterocycles. The molecular weight excluding hydrogens is 216 g/mol. The molecule has 0 atom stereocenters. The Morgan fingerprint density at radius 1 is 1.47 bits per heavy atom. The van der Waals surface area contributed by atoms with Crippen LogP contribution in [0.3, 0.4) is 0 Å². The van der Waals surface area contributed by atoms with Crippen molar-refractivity contribution in [2.45, 2.75) is 6.92 Å². The van der Waals surface area contributed by atoms with Gasteiger partial charge in [0.05, 0.1) is 12.2 Å². The highest BCUT2D eigenvalue weighted by Gasteiger charge is 2.04. The predicted molar refractivity (Wildman–Crippen MR) is 67.5 cm³/mol. The lowest BCUT2D eigenvalue weighted by Crippen LogP contribution is -2.18. The number of benzene rings is 1. The zero-order valence-electron chi connectivity index (χ0n) is 9.82. The summed E-state index contributed by atoms with van der Waals surface area (Å²) in [6.07, 6.45) is 0. The second-order valence-electron chi connectivity index (χ2n) is 3.24. The summed E-state index contributed by atoms with van der Waals surface area (Å²) in [6.45, 7) is 2.70. The number of carbonyl (C=O) groups is 1. The molecule has 1 aromatic rings. The molecular formula is C13H16N2O2. The average molecular weight is 232 g/mol. The van der Waals surface area contributed by atoms with Gasteiger partial charge in [-0.15, -0.1) is 0 Å². The molecule has 0 fully saturated rings. The summed E-state index contributed by atoms with van der Waals surface area (Å²) in [5.41, 5.74) is 6.74. The molecule has 90 valence electrons. The SMILES string of the molecule is CCOCC(=O)Nc1ccccc1C#CCN. The molecule has 0 bridgehead atoms. The number of hydrogen-bond donors (Lipinski definition) is 2. The summed E-state index contributed by atoms with van der Waals surface area (Å²) in [5, 5.41) is 2.75. The number of ether oxygens (including phenoxy) is 1. The molecule has 0 aliphatic heterocycles. The minimum absolute atomic E-state index is 0.0507.